The summed E-state index contributed by atoms with van der Waals surface area (Å²) in [5, 5.41) is 6.21. The van der Waals surface area contributed by atoms with E-state index in [9.17, 15) is 0 Å². The summed E-state index contributed by atoms with van der Waals surface area (Å²) in [6.45, 7) is 0. The number of hydrogen-bond acceptors (Lipinski definition) is 3. The number of hydrogen-bond donors (Lipinski definition) is 1. The number of ether oxygens (including phenoxy) is 1. The Labute approximate surface area is 244 Å². The monoisotopic (exact) mass is 543 g/mol. The van der Waals surface area contributed by atoms with Crippen molar-refractivity contribution in [3.05, 3.63) is 156 Å². The van der Waals surface area contributed by atoms with Crippen molar-refractivity contribution in [3.63, 3.8) is 0 Å². The zero-order chi connectivity index (χ0) is 27.6. The zero-order valence-electron chi connectivity index (χ0n) is 23.1. The number of fused-ring (bicyclic) bond motifs is 8. The molecule has 0 bridgehead atoms. The summed E-state index contributed by atoms with van der Waals surface area (Å²) in [4.78, 5) is 5.34. The molecule has 1 N–H and O–H groups in total. The van der Waals surface area contributed by atoms with Gasteiger partial charge in [-0.15, -0.1) is 0 Å². The maximum atomic E-state index is 6.63. The first-order valence-corrected chi connectivity index (χ1v) is 14.8. The number of allylic oxidation sites excluding steroid dienone is 8. The lowest BCUT2D eigenvalue weighted by Crippen LogP contribution is -2.36. The van der Waals surface area contributed by atoms with E-state index in [0.29, 0.717) is 0 Å². The van der Waals surface area contributed by atoms with Crippen LogP contribution < -0.4 is 10.1 Å². The third-order valence-corrected chi connectivity index (χ3v) is 9.10. The van der Waals surface area contributed by atoms with Crippen LogP contribution in [0.1, 0.15) is 41.6 Å². The molecule has 0 spiro atoms. The van der Waals surface area contributed by atoms with Gasteiger partial charge in [0.2, 0.25) is 0 Å². The Balaban J connectivity index is 1.22. The molecule has 2 aliphatic carbocycles. The highest BCUT2D eigenvalue weighted by atomic mass is 16.5. The molecule has 4 heteroatoms. The first-order chi connectivity index (χ1) is 20.8. The van der Waals surface area contributed by atoms with E-state index in [0.717, 1.165) is 46.8 Å². The predicted molar refractivity (Wildman–Crippen MR) is 170 cm³/mol. The fraction of sp³-hybridized carbons (Fsp3) is 0.132. The van der Waals surface area contributed by atoms with E-state index in [1.807, 2.05) is 0 Å². The Morgan fingerprint density at radius 1 is 0.762 bits per heavy atom. The molecule has 202 valence electrons. The van der Waals surface area contributed by atoms with Crippen LogP contribution in [-0.4, -0.2) is 10.3 Å². The normalized spacial score (nSPS) is 22.0. The van der Waals surface area contributed by atoms with Crippen molar-refractivity contribution in [2.75, 3.05) is 0 Å². The van der Waals surface area contributed by atoms with E-state index in [-0.39, 0.29) is 18.0 Å². The first-order valence-electron chi connectivity index (χ1n) is 14.8. The number of nitrogens with one attached hydrogen (secondary N) is 1. The van der Waals surface area contributed by atoms with Crippen LogP contribution in [0.4, 0.5) is 0 Å². The number of para-hydroxylation sites is 1. The van der Waals surface area contributed by atoms with Gasteiger partial charge in [-0.1, -0.05) is 97.1 Å². The van der Waals surface area contributed by atoms with Crippen molar-refractivity contribution in [3.8, 4) is 11.4 Å². The average molecular weight is 544 g/mol. The van der Waals surface area contributed by atoms with Crippen LogP contribution in [0.15, 0.2) is 144 Å². The Morgan fingerprint density at radius 3 is 2.52 bits per heavy atom. The number of benzene rings is 4. The summed E-state index contributed by atoms with van der Waals surface area (Å²) < 4.78 is 9.01. The fourth-order valence-electron chi connectivity index (χ4n) is 7.14. The maximum Gasteiger partial charge on any atom is 0.155 e. The van der Waals surface area contributed by atoms with Gasteiger partial charge in [-0.25, -0.2) is 0 Å². The molecule has 4 aromatic carbocycles. The van der Waals surface area contributed by atoms with Crippen LogP contribution in [0.2, 0.25) is 0 Å². The van der Waals surface area contributed by atoms with Gasteiger partial charge in [-0.2, -0.15) is 0 Å². The van der Waals surface area contributed by atoms with Gasteiger partial charge in [0.05, 0.1) is 16.7 Å². The quantitative estimate of drug-likeness (QED) is 0.247. The van der Waals surface area contributed by atoms with Crippen molar-refractivity contribution in [1.29, 1.82) is 0 Å². The molecule has 42 heavy (non-hydrogen) atoms. The third-order valence-electron chi connectivity index (χ3n) is 9.10. The minimum atomic E-state index is -0.177. The van der Waals surface area contributed by atoms with E-state index < -0.39 is 0 Å². The van der Waals surface area contributed by atoms with Gasteiger partial charge in [-0.3, -0.25) is 4.99 Å². The van der Waals surface area contributed by atoms with Crippen molar-refractivity contribution in [1.82, 2.24) is 9.88 Å². The van der Waals surface area contributed by atoms with Crippen LogP contribution >= 0.6 is 0 Å². The smallest absolute Gasteiger partial charge is 0.155 e. The second-order valence-electron chi connectivity index (χ2n) is 11.5. The third kappa shape index (κ3) is 3.51. The van der Waals surface area contributed by atoms with Gasteiger partial charge in [0, 0.05) is 39.6 Å². The van der Waals surface area contributed by atoms with Gasteiger partial charge in [0.1, 0.15) is 11.9 Å². The molecule has 3 atom stereocenters. The average Bonchev–Trinajstić information content (AvgIpc) is 3.61. The molecule has 0 radical (unpaired) electrons. The van der Waals surface area contributed by atoms with E-state index >= 15 is 0 Å². The van der Waals surface area contributed by atoms with E-state index in [2.05, 4.69) is 137 Å². The summed E-state index contributed by atoms with van der Waals surface area (Å²) in [5.74, 6) is 2.57. The van der Waals surface area contributed by atoms with Crippen LogP contribution in [0.3, 0.4) is 0 Å². The molecular formula is C38H29N3O. The SMILES string of the molecule is C1=CCC2C(=C1)NC(c1cccc(-n3c4ccccc4c4ccc5c(c43)OC3=CC=CCC35)c1)N=C2c1ccccc1. The lowest BCUT2D eigenvalue weighted by Gasteiger charge is -2.33. The van der Waals surface area contributed by atoms with Crippen molar-refractivity contribution in [2.45, 2.75) is 24.9 Å². The molecule has 1 aromatic heterocycles. The molecule has 0 fully saturated rings. The van der Waals surface area contributed by atoms with Crippen LogP contribution in [0.25, 0.3) is 27.5 Å². The van der Waals surface area contributed by atoms with Crippen LogP contribution in [0.5, 0.6) is 5.75 Å². The minimum absolute atomic E-state index is 0.177. The highest BCUT2D eigenvalue weighted by Crippen LogP contribution is 2.50. The highest BCUT2D eigenvalue weighted by Gasteiger charge is 2.34. The lowest BCUT2D eigenvalue weighted by molar-refractivity contribution is 0.428. The first kappa shape index (κ1) is 23.6. The predicted octanol–water partition coefficient (Wildman–Crippen LogP) is 8.65. The molecule has 0 saturated heterocycles. The molecular weight excluding hydrogens is 514 g/mol. The molecule has 9 rings (SSSR count). The Morgan fingerprint density at radius 2 is 1.60 bits per heavy atom. The molecule has 4 aliphatic rings. The maximum absolute atomic E-state index is 6.63. The highest BCUT2D eigenvalue weighted by molar-refractivity contribution is 6.12. The summed E-state index contributed by atoms with van der Waals surface area (Å²) in [5.41, 5.74) is 9.38. The van der Waals surface area contributed by atoms with Crippen LogP contribution in [-0.2, 0) is 0 Å². The second-order valence-corrected chi connectivity index (χ2v) is 11.5. The Hall–Kier alpha value is -5.09. The van der Waals surface area contributed by atoms with E-state index in [4.69, 9.17) is 9.73 Å². The summed E-state index contributed by atoms with van der Waals surface area (Å²) >= 11 is 0. The van der Waals surface area contributed by atoms with Gasteiger partial charge in [0.15, 0.2) is 5.75 Å². The molecule has 0 amide bonds. The van der Waals surface area contributed by atoms with Gasteiger partial charge in [-0.05, 0) is 54.3 Å². The lowest BCUT2D eigenvalue weighted by atomic mass is 9.86. The molecule has 3 unspecified atom stereocenters. The van der Waals surface area contributed by atoms with E-state index in [1.54, 1.807) is 0 Å². The number of nitrogens with zero attached hydrogens (tertiary/aromatic N) is 2. The van der Waals surface area contributed by atoms with Gasteiger partial charge >= 0.3 is 0 Å². The molecule has 4 nitrogen and oxygen atoms in total. The van der Waals surface area contributed by atoms with Crippen molar-refractivity contribution >= 4 is 27.5 Å². The molecule has 3 heterocycles. The molecule has 5 aromatic rings. The number of rotatable bonds is 3. The van der Waals surface area contributed by atoms with Crippen LogP contribution in [0, 0.1) is 5.92 Å². The minimum Gasteiger partial charge on any atom is -0.459 e. The molecule has 0 saturated carbocycles. The van der Waals surface area contributed by atoms with Crippen molar-refractivity contribution < 1.29 is 4.74 Å². The standard InChI is InChI=1S/C38H29N3O/c1-2-11-24(12-3-1)35-31-17-4-7-18-32(31)39-38(40-35)25-13-10-14-26(23-25)41-33-19-8-5-15-27(33)29-21-22-30-28-16-6-9-20-34(28)42-37(30)36(29)41/h1-15,18-23,28,31,38-39H,16-17H2. The van der Waals surface area contributed by atoms with Crippen molar-refractivity contribution in [2.24, 2.45) is 10.9 Å². The summed E-state index contributed by atoms with van der Waals surface area (Å²) in [7, 11) is 0. The number of aliphatic imine (C=N–C) groups is 1. The largest absolute Gasteiger partial charge is 0.459 e. The van der Waals surface area contributed by atoms with Gasteiger partial charge in [0.25, 0.3) is 0 Å². The van der Waals surface area contributed by atoms with E-state index in [1.165, 1.54) is 33.1 Å². The Kier molecular flexibility index (Phi) is 5.18. The fourth-order valence-corrected chi connectivity index (χ4v) is 7.14. The zero-order valence-corrected chi connectivity index (χ0v) is 23.1. The molecule has 2 aliphatic heterocycles. The summed E-state index contributed by atoms with van der Waals surface area (Å²) in [6, 6.07) is 32.7. The Bertz CT molecular complexity index is 2060. The summed E-state index contributed by atoms with van der Waals surface area (Å²) in [6.07, 6.45) is 14.8. The second kappa shape index (κ2) is 9.22. The van der Waals surface area contributed by atoms with Gasteiger partial charge < -0.3 is 14.6 Å². The topological polar surface area (TPSA) is 38.5 Å². The number of aromatic nitrogens is 1.